The average Bonchev–Trinajstić information content (AvgIpc) is 2.97. The lowest BCUT2D eigenvalue weighted by atomic mass is 10.0. The van der Waals surface area contributed by atoms with Crippen LogP contribution in [0.5, 0.6) is 0 Å². The first-order valence-corrected chi connectivity index (χ1v) is 14.4. The van der Waals surface area contributed by atoms with E-state index in [2.05, 4.69) is 0 Å². The Kier molecular flexibility index (Phi) is 10.2. The molecule has 0 amide bonds. The Morgan fingerprint density at radius 2 is 1.57 bits per heavy atom. The first kappa shape index (κ1) is 31.0. The van der Waals surface area contributed by atoms with Gasteiger partial charge in [-0.15, -0.1) is 0 Å². The number of carbonyl (C=O) groups is 2. The second kappa shape index (κ2) is 13.8. The van der Waals surface area contributed by atoms with Crippen molar-refractivity contribution in [2.24, 2.45) is 0 Å². The summed E-state index contributed by atoms with van der Waals surface area (Å²) in [6.07, 6.45) is -1.03. The van der Waals surface area contributed by atoms with Gasteiger partial charge in [0.05, 0.1) is 24.9 Å². The van der Waals surface area contributed by atoms with Gasteiger partial charge < -0.3 is 19.5 Å². The number of fused-ring (bicyclic) bond motifs is 1. The summed E-state index contributed by atoms with van der Waals surface area (Å²) in [5, 5.41) is 11.6. The van der Waals surface area contributed by atoms with Crippen molar-refractivity contribution in [2.75, 3.05) is 23.4 Å². The summed E-state index contributed by atoms with van der Waals surface area (Å²) in [4.78, 5) is 25.8. The van der Waals surface area contributed by atoms with Crippen LogP contribution in [0.15, 0.2) is 84.9 Å². The monoisotopic (exact) mass is 610 g/mol. The number of halogens is 1. The number of ether oxygens (including phenoxy) is 2. The van der Waals surface area contributed by atoms with Crippen molar-refractivity contribution in [3.05, 3.63) is 101 Å². The van der Waals surface area contributed by atoms with Gasteiger partial charge in [-0.05, 0) is 54.4 Å². The van der Waals surface area contributed by atoms with E-state index in [1.165, 1.54) is 18.5 Å². The van der Waals surface area contributed by atoms with Crippen LogP contribution in [0, 0.1) is 0 Å². The predicted molar refractivity (Wildman–Crippen MR) is 164 cm³/mol. The maximum atomic E-state index is 12.7. The fourth-order valence-corrected chi connectivity index (χ4v) is 5.78. The summed E-state index contributed by atoms with van der Waals surface area (Å²) in [6.45, 7) is 2.25. The molecule has 4 aromatic rings. The number of carboxylic acids is 1. The van der Waals surface area contributed by atoms with E-state index in [9.17, 15) is 23.5 Å². The Hall–Kier alpha value is -3.96. The Balaban J connectivity index is 1.81. The first-order valence-electron chi connectivity index (χ1n) is 13.0. The molecule has 2 unspecified atom stereocenters. The van der Waals surface area contributed by atoms with Crippen LogP contribution in [0.2, 0.25) is 5.02 Å². The second-order valence-corrected chi connectivity index (χ2v) is 10.9. The van der Waals surface area contributed by atoms with Gasteiger partial charge in [-0.1, -0.05) is 60.1 Å². The van der Waals surface area contributed by atoms with Crippen molar-refractivity contribution in [1.29, 1.82) is 0 Å². The highest BCUT2D eigenvalue weighted by molar-refractivity contribution is 7.81. The lowest BCUT2D eigenvalue weighted by molar-refractivity contribution is -0.152. The molecule has 0 radical (unpaired) electrons. The number of aliphatic carboxylic acids is 1. The minimum absolute atomic E-state index is 0.0934. The number of rotatable bonds is 12. The fourth-order valence-electron chi connectivity index (χ4n) is 4.94. The average molecular weight is 611 g/mol. The lowest BCUT2D eigenvalue weighted by Gasteiger charge is -2.33. The largest absolute Gasteiger partial charge is 0.481 e. The molecule has 0 aliphatic heterocycles. The van der Waals surface area contributed by atoms with Crippen molar-refractivity contribution in [3.8, 4) is 0 Å². The molecule has 220 valence electrons. The summed E-state index contributed by atoms with van der Waals surface area (Å²) < 4.78 is 34.5. The molecular formula is C31H31ClN2O7S. The van der Waals surface area contributed by atoms with Gasteiger partial charge in [0.25, 0.3) is 11.3 Å². The molecule has 42 heavy (non-hydrogen) atoms. The maximum Gasteiger partial charge on any atom is 0.339 e. The summed E-state index contributed by atoms with van der Waals surface area (Å²) in [5.74, 6) is -1.48. The van der Waals surface area contributed by atoms with Crippen LogP contribution in [0.4, 0.5) is 17.1 Å². The SMILES string of the molecule is COC(=O)C(OC)c1ccc(N(c2ccc(N(Cc3cccc(Cl)c3)[C@@H](C)CC(=O)O)c3ccccc23)S(=O)O)cc1. The third kappa shape index (κ3) is 6.91. The van der Waals surface area contributed by atoms with Crippen LogP contribution in [0.1, 0.15) is 30.6 Å². The van der Waals surface area contributed by atoms with Gasteiger partial charge in [0.1, 0.15) is 0 Å². The third-order valence-corrected chi connectivity index (χ3v) is 7.84. The lowest BCUT2D eigenvalue weighted by Crippen LogP contribution is -2.34. The molecule has 4 rings (SSSR count). The molecule has 9 nitrogen and oxygen atoms in total. The van der Waals surface area contributed by atoms with Crippen molar-refractivity contribution in [3.63, 3.8) is 0 Å². The highest BCUT2D eigenvalue weighted by Crippen LogP contribution is 2.39. The molecule has 0 spiro atoms. The first-order chi connectivity index (χ1) is 20.1. The molecule has 0 heterocycles. The zero-order chi connectivity index (χ0) is 30.4. The molecule has 0 aliphatic rings. The number of esters is 1. The van der Waals surface area contributed by atoms with E-state index < -0.39 is 29.3 Å². The minimum Gasteiger partial charge on any atom is -0.481 e. The number of carbonyl (C=O) groups excluding carboxylic acids is 1. The molecule has 4 aromatic carbocycles. The van der Waals surface area contributed by atoms with Crippen molar-refractivity contribution < 1.29 is 32.9 Å². The number of anilines is 3. The van der Waals surface area contributed by atoms with E-state index in [1.807, 2.05) is 60.4 Å². The highest BCUT2D eigenvalue weighted by atomic mass is 35.5. The van der Waals surface area contributed by atoms with Crippen molar-refractivity contribution in [1.82, 2.24) is 0 Å². The molecule has 0 aliphatic carbocycles. The van der Waals surface area contributed by atoms with Gasteiger partial charge in [-0.2, -0.15) is 0 Å². The third-order valence-electron chi connectivity index (χ3n) is 6.89. The quantitative estimate of drug-likeness (QED) is 0.138. The summed E-state index contributed by atoms with van der Waals surface area (Å²) in [7, 11) is 2.66. The summed E-state index contributed by atoms with van der Waals surface area (Å²) in [5.41, 5.74) is 3.08. The smallest absolute Gasteiger partial charge is 0.339 e. The maximum absolute atomic E-state index is 12.7. The molecular weight excluding hydrogens is 580 g/mol. The van der Waals surface area contributed by atoms with Crippen LogP contribution in [-0.2, 0) is 36.9 Å². The van der Waals surface area contributed by atoms with Gasteiger partial charge in [0, 0.05) is 41.2 Å². The van der Waals surface area contributed by atoms with Gasteiger partial charge >= 0.3 is 11.9 Å². The van der Waals surface area contributed by atoms with E-state index in [0.717, 1.165) is 16.6 Å². The van der Waals surface area contributed by atoms with Gasteiger partial charge in [-0.25, -0.2) is 13.3 Å². The molecule has 11 heteroatoms. The molecule has 0 fully saturated rings. The van der Waals surface area contributed by atoms with E-state index in [4.69, 9.17) is 21.1 Å². The Labute approximate surface area is 251 Å². The van der Waals surface area contributed by atoms with E-state index >= 15 is 0 Å². The number of benzene rings is 4. The molecule has 0 saturated heterocycles. The predicted octanol–water partition coefficient (Wildman–Crippen LogP) is 6.50. The molecule has 0 saturated carbocycles. The van der Waals surface area contributed by atoms with E-state index in [-0.39, 0.29) is 12.5 Å². The van der Waals surface area contributed by atoms with Gasteiger partial charge in [0.2, 0.25) is 0 Å². The van der Waals surface area contributed by atoms with Crippen LogP contribution in [-0.4, -0.2) is 46.1 Å². The van der Waals surface area contributed by atoms with Crippen LogP contribution in [0.3, 0.4) is 0 Å². The van der Waals surface area contributed by atoms with Crippen molar-refractivity contribution >= 4 is 62.6 Å². The number of nitrogens with zero attached hydrogens (tertiary/aromatic N) is 2. The Morgan fingerprint density at radius 3 is 2.14 bits per heavy atom. The van der Waals surface area contributed by atoms with Crippen LogP contribution in [0.25, 0.3) is 10.8 Å². The standard InChI is InChI=1S/C31H31ClN2O7S/c1-20(17-29(35)36)33(19-21-7-6-8-23(32)18-21)27-15-16-28(26-10-5-4-9-25(26)27)34(42(38)39)24-13-11-22(12-14-24)30(40-2)31(37)41-3/h4-16,18,20,30H,17,19H2,1-3H3,(H,35,36)(H,38,39)/t20-,30?/m0/s1. The van der Waals surface area contributed by atoms with Crippen LogP contribution < -0.4 is 9.21 Å². The minimum atomic E-state index is -2.45. The topological polar surface area (TPSA) is 117 Å². The number of carboxylic acid groups (broad SMARTS) is 1. The molecule has 2 N–H and O–H groups in total. The second-order valence-electron chi connectivity index (χ2n) is 9.61. The van der Waals surface area contributed by atoms with Gasteiger partial charge in [0.15, 0.2) is 6.10 Å². The highest BCUT2D eigenvalue weighted by Gasteiger charge is 2.25. The zero-order valence-corrected chi connectivity index (χ0v) is 24.8. The van der Waals surface area contributed by atoms with Crippen LogP contribution >= 0.6 is 11.6 Å². The van der Waals surface area contributed by atoms with E-state index in [0.29, 0.717) is 33.9 Å². The molecule has 3 atom stereocenters. The zero-order valence-electron chi connectivity index (χ0n) is 23.3. The Morgan fingerprint density at radius 1 is 0.929 bits per heavy atom. The number of methoxy groups -OCH3 is 2. The fraction of sp³-hybridized carbons (Fsp3) is 0.226. The summed E-state index contributed by atoms with van der Waals surface area (Å²) in [6, 6.07) is 24.5. The Bertz CT molecular complexity index is 1600. The molecule has 0 bridgehead atoms. The van der Waals surface area contributed by atoms with E-state index in [1.54, 1.807) is 36.4 Å². The van der Waals surface area contributed by atoms with Gasteiger partial charge in [-0.3, -0.25) is 9.35 Å². The van der Waals surface area contributed by atoms with Crippen molar-refractivity contribution in [2.45, 2.75) is 32.0 Å². The normalized spacial score (nSPS) is 13.3. The summed E-state index contributed by atoms with van der Waals surface area (Å²) >= 11 is 3.78. The number of hydrogen-bond donors (Lipinski definition) is 2. The number of hydrogen-bond acceptors (Lipinski definition) is 6. The molecule has 0 aromatic heterocycles.